The van der Waals surface area contributed by atoms with Crippen LogP contribution in [0.4, 0.5) is 8.78 Å². The van der Waals surface area contributed by atoms with Crippen LogP contribution in [0.15, 0.2) is 60.7 Å². The molecule has 2 heteroatoms. The van der Waals surface area contributed by atoms with Crippen LogP contribution in [0.1, 0.15) is 72.9 Å². The van der Waals surface area contributed by atoms with Gasteiger partial charge >= 0.3 is 0 Å². The van der Waals surface area contributed by atoms with Crippen LogP contribution in [-0.4, -0.2) is 0 Å². The van der Waals surface area contributed by atoms with Crippen LogP contribution in [0.2, 0.25) is 0 Å². The molecule has 0 aliphatic rings. The highest BCUT2D eigenvalue weighted by Gasteiger charge is 2.02. The van der Waals surface area contributed by atoms with Gasteiger partial charge in [0.15, 0.2) is 0 Å². The molecule has 0 N–H and O–H groups in total. The van der Waals surface area contributed by atoms with E-state index in [0.29, 0.717) is 28.7 Å². The second-order valence-corrected chi connectivity index (χ2v) is 7.86. The van der Waals surface area contributed by atoms with Crippen molar-refractivity contribution in [2.24, 2.45) is 0 Å². The summed E-state index contributed by atoms with van der Waals surface area (Å²) in [6, 6.07) is 17.8. The average Bonchev–Trinajstić information content (AvgIpc) is 2.81. The van der Waals surface area contributed by atoms with E-state index in [1.807, 2.05) is 19.1 Å². The fourth-order valence-electron chi connectivity index (χ4n) is 3.40. The molecule has 0 amide bonds. The summed E-state index contributed by atoms with van der Waals surface area (Å²) in [5, 5.41) is 0. The SMILES string of the molecule is CCCCCCc1ccc(C#Cc2ccc(C#Cc3ccc(CC)c(F)c3)cc2F)cc1. The third-order valence-corrected chi connectivity index (χ3v) is 5.37. The summed E-state index contributed by atoms with van der Waals surface area (Å²) in [5.74, 6) is 11.0. The van der Waals surface area contributed by atoms with Crippen molar-refractivity contribution < 1.29 is 8.78 Å². The van der Waals surface area contributed by atoms with Gasteiger partial charge in [-0.15, -0.1) is 0 Å². The van der Waals surface area contributed by atoms with Crippen LogP contribution >= 0.6 is 0 Å². The van der Waals surface area contributed by atoms with E-state index in [9.17, 15) is 8.78 Å². The van der Waals surface area contributed by atoms with E-state index < -0.39 is 5.82 Å². The molecule has 3 aromatic carbocycles. The lowest BCUT2D eigenvalue weighted by molar-refractivity contribution is 0.612. The monoisotopic (exact) mass is 426 g/mol. The number of unbranched alkanes of at least 4 members (excludes halogenated alkanes) is 3. The molecule has 0 atom stereocenters. The Bertz CT molecular complexity index is 1170. The molecule has 3 aromatic rings. The van der Waals surface area contributed by atoms with Gasteiger partial charge in [0.1, 0.15) is 11.6 Å². The zero-order chi connectivity index (χ0) is 22.8. The summed E-state index contributed by atoms with van der Waals surface area (Å²) >= 11 is 0. The molecule has 0 saturated heterocycles. The highest BCUT2D eigenvalue weighted by Crippen LogP contribution is 2.13. The van der Waals surface area contributed by atoms with Gasteiger partial charge in [0, 0.05) is 16.7 Å². The third-order valence-electron chi connectivity index (χ3n) is 5.37. The molecule has 0 fully saturated rings. The highest BCUT2D eigenvalue weighted by molar-refractivity contribution is 5.49. The van der Waals surface area contributed by atoms with Crippen LogP contribution in [0, 0.1) is 35.3 Å². The summed E-state index contributed by atoms with van der Waals surface area (Å²) in [5.41, 5.74) is 4.26. The quantitative estimate of drug-likeness (QED) is 0.284. The van der Waals surface area contributed by atoms with Crippen molar-refractivity contribution in [3.05, 3.63) is 106 Å². The fourth-order valence-corrected chi connectivity index (χ4v) is 3.40. The molecule has 0 nitrogen and oxygen atoms in total. The minimum atomic E-state index is -0.413. The lowest BCUT2D eigenvalue weighted by atomic mass is 10.0. The maximum Gasteiger partial charge on any atom is 0.140 e. The Balaban J connectivity index is 1.65. The Morgan fingerprint density at radius 3 is 1.88 bits per heavy atom. The van der Waals surface area contributed by atoms with Gasteiger partial charge in [-0.1, -0.05) is 75.0 Å². The van der Waals surface area contributed by atoms with Crippen LogP contribution < -0.4 is 0 Å². The number of benzene rings is 3. The van der Waals surface area contributed by atoms with E-state index in [0.717, 1.165) is 12.0 Å². The Labute approximate surface area is 190 Å². The zero-order valence-corrected chi connectivity index (χ0v) is 18.8. The van der Waals surface area contributed by atoms with Crippen LogP contribution in [0.5, 0.6) is 0 Å². The second kappa shape index (κ2) is 11.9. The molecular formula is C30H28F2. The van der Waals surface area contributed by atoms with E-state index in [4.69, 9.17) is 0 Å². The first-order valence-corrected chi connectivity index (χ1v) is 11.3. The number of hydrogen-bond acceptors (Lipinski definition) is 0. The van der Waals surface area contributed by atoms with Gasteiger partial charge in [-0.3, -0.25) is 0 Å². The minimum Gasteiger partial charge on any atom is -0.207 e. The molecule has 0 saturated carbocycles. The number of halogens is 2. The molecular weight excluding hydrogens is 398 g/mol. The highest BCUT2D eigenvalue weighted by atomic mass is 19.1. The molecule has 0 radical (unpaired) electrons. The first kappa shape index (κ1) is 23.3. The normalized spacial score (nSPS) is 10.1. The summed E-state index contributed by atoms with van der Waals surface area (Å²) < 4.78 is 28.4. The summed E-state index contributed by atoms with van der Waals surface area (Å²) in [4.78, 5) is 0. The van der Waals surface area contributed by atoms with Crippen molar-refractivity contribution in [1.82, 2.24) is 0 Å². The van der Waals surface area contributed by atoms with E-state index in [1.165, 1.54) is 43.4 Å². The van der Waals surface area contributed by atoms with E-state index in [2.05, 4.69) is 42.7 Å². The van der Waals surface area contributed by atoms with E-state index >= 15 is 0 Å². The summed E-state index contributed by atoms with van der Waals surface area (Å²) in [6.07, 6.45) is 6.71. The van der Waals surface area contributed by atoms with Gasteiger partial charge < -0.3 is 0 Å². The van der Waals surface area contributed by atoms with Crippen LogP contribution in [-0.2, 0) is 12.8 Å². The van der Waals surface area contributed by atoms with Gasteiger partial charge in [0.25, 0.3) is 0 Å². The predicted octanol–water partition coefficient (Wildman–Crippen LogP) is 7.45. The smallest absolute Gasteiger partial charge is 0.140 e. The molecule has 162 valence electrons. The van der Waals surface area contributed by atoms with Gasteiger partial charge in [-0.05, 0) is 72.9 Å². The Morgan fingerprint density at radius 1 is 0.625 bits per heavy atom. The molecule has 0 bridgehead atoms. The first-order chi connectivity index (χ1) is 15.6. The van der Waals surface area contributed by atoms with Crippen molar-refractivity contribution in [2.75, 3.05) is 0 Å². The maximum atomic E-state index is 14.5. The summed E-state index contributed by atoms with van der Waals surface area (Å²) in [6.45, 7) is 4.12. The van der Waals surface area contributed by atoms with E-state index in [1.54, 1.807) is 24.3 Å². The Morgan fingerprint density at radius 2 is 1.25 bits per heavy atom. The first-order valence-electron chi connectivity index (χ1n) is 11.3. The van der Waals surface area contributed by atoms with Gasteiger partial charge in [-0.25, -0.2) is 8.78 Å². The lowest BCUT2D eigenvalue weighted by Gasteiger charge is -2.01. The zero-order valence-electron chi connectivity index (χ0n) is 18.8. The van der Waals surface area contributed by atoms with Crippen molar-refractivity contribution in [1.29, 1.82) is 0 Å². The predicted molar refractivity (Wildman–Crippen MR) is 128 cm³/mol. The van der Waals surface area contributed by atoms with Crippen LogP contribution in [0.25, 0.3) is 0 Å². The van der Waals surface area contributed by atoms with Gasteiger partial charge in [0.2, 0.25) is 0 Å². The average molecular weight is 427 g/mol. The number of hydrogen-bond donors (Lipinski definition) is 0. The Kier molecular flexibility index (Phi) is 8.65. The molecule has 32 heavy (non-hydrogen) atoms. The molecule has 0 spiro atoms. The summed E-state index contributed by atoms with van der Waals surface area (Å²) in [7, 11) is 0. The number of aryl methyl sites for hydroxylation is 2. The molecule has 0 heterocycles. The lowest BCUT2D eigenvalue weighted by Crippen LogP contribution is -1.89. The Hall–Kier alpha value is -3.36. The van der Waals surface area contributed by atoms with Crippen molar-refractivity contribution in [3.63, 3.8) is 0 Å². The van der Waals surface area contributed by atoms with Gasteiger partial charge in [0.05, 0.1) is 5.56 Å². The van der Waals surface area contributed by atoms with E-state index in [-0.39, 0.29) is 5.82 Å². The number of rotatable bonds is 6. The maximum absolute atomic E-state index is 14.5. The molecule has 0 aliphatic carbocycles. The topological polar surface area (TPSA) is 0 Å². The van der Waals surface area contributed by atoms with Crippen LogP contribution in [0.3, 0.4) is 0 Å². The molecule has 0 aromatic heterocycles. The molecule has 0 aliphatic heterocycles. The standard InChI is InChI=1S/C30H28F2/c1-3-5-6-7-8-23-9-11-24(12-10-23)15-19-28-20-17-26(22-30(28)32)14-13-25-16-18-27(4-2)29(31)21-25/h9-12,16-18,20-22H,3-8H2,1-2H3. The second-order valence-electron chi connectivity index (χ2n) is 7.86. The van der Waals surface area contributed by atoms with Crippen molar-refractivity contribution in [3.8, 4) is 23.7 Å². The third kappa shape index (κ3) is 6.83. The molecule has 3 rings (SSSR count). The fraction of sp³-hybridized carbons (Fsp3) is 0.267. The van der Waals surface area contributed by atoms with Crippen molar-refractivity contribution >= 4 is 0 Å². The van der Waals surface area contributed by atoms with Gasteiger partial charge in [-0.2, -0.15) is 0 Å². The largest absolute Gasteiger partial charge is 0.207 e. The molecule has 0 unspecified atom stereocenters. The minimum absolute atomic E-state index is 0.263. The van der Waals surface area contributed by atoms with Crippen molar-refractivity contribution in [2.45, 2.75) is 52.4 Å².